The van der Waals surface area contributed by atoms with E-state index < -0.39 is 0 Å². The highest BCUT2D eigenvalue weighted by Gasteiger charge is 2.22. The molecule has 0 aromatic rings. The molecule has 19 heavy (non-hydrogen) atoms. The molecule has 2 heterocycles. The standard InChI is InChI=1S/C5H5BrN2O2.C4H3BrN2O2/c1-8-4(10)2-3(9)5(6)7-8;5-4-2(8)1-3(9)6-7-4/h2H2,1H3;1H2,(H,6,9). The number of rotatable bonds is 0. The summed E-state index contributed by atoms with van der Waals surface area (Å²) in [5, 5.41) is 8.13. The second-order valence-electron chi connectivity index (χ2n) is 3.45. The maximum atomic E-state index is 10.7. The fourth-order valence-electron chi connectivity index (χ4n) is 1.000. The molecule has 102 valence electrons. The molecule has 0 bridgehead atoms. The number of halogens is 2. The molecule has 2 rings (SSSR count). The van der Waals surface area contributed by atoms with E-state index in [0.717, 1.165) is 5.01 Å². The lowest BCUT2D eigenvalue weighted by molar-refractivity contribution is -0.134. The van der Waals surface area contributed by atoms with Crippen LogP contribution in [-0.2, 0) is 19.2 Å². The van der Waals surface area contributed by atoms with Gasteiger partial charge in [-0.05, 0) is 31.9 Å². The number of hydrogen-bond donors (Lipinski definition) is 1. The topological polar surface area (TPSA) is 108 Å². The lowest BCUT2D eigenvalue weighted by atomic mass is 10.2. The van der Waals surface area contributed by atoms with E-state index in [1.807, 2.05) is 0 Å². The number of ketones is 2. The van der Waals surface area contributed by atoms with E-state index in [2.05, 4.69) is 47.5 Å². The van der Waals surface area contributed by atoms with Crippen LogP contribution in [0.3, 0.4) is 0 Å². The van der Waals surface area contributed by atoms with Crippen LogP contribution in [0.5, 0.6) is 0 Å². The molecule has 0 radical (unpaired) electrons. The summed E-state index contributed by atoms with van der Waals surface area (Å²) in [6.07, 6.45) is -0.190. The summed E-state index contributed by atoms with van der Waals surface area (Å²) < 4.78 is 0.400. The zero-order chi connectivity index (χ0) is 14.6. The predicted octanol–water partition coefficient (Wildman–Crippen LogP) is -0.0902. The summed E-state index contributed by atoms with van der Waals surface area (Å²) in [4.78, 5) is 42.4. The van der Waals surface area contributed by atoms with E-state index in [-0.39, 0.29) is 45.5 Å². The summed E-state index contributed by atoms with van der Waals surface area (Å²) in [5.74, 6) is -1.17. The monoisotopic (exact) mass is 394 g/mol. The van der Waals surface area contributed by atoms with Gasteiger partial charge in [0, 0.05) is 7.05 Å². The molecule has 0 unspecified atom stereocenters. The molecule has 0 spiro atoms. The number of Topliss-reactive ketones (excluding diaryl/α,β-unsaturated/α-hetero) is 2. The quantitative estimate of drug-likeness (QED) is 0.578. The van der Waals surface area contributed by atoms with Crippen molar-refractivity contribution in [2.24, 2.45) is 10.2 Å². The Hall–Kier alpha value is -1.42. The van der Waals surface area contributed by atoms with E-state index in [1.165, 1.54) is 7.05 Å². The molecule has 0 aromatic carbocycles. The lowest BCUT2D eigenvalue weighted by Gasteiger charge is -2.14. The van der Waals surface area contributed by atoms with Crippen LogP contribution in [0.1, 0.15) is 12.8 Å². The van der Waals surface area contributed by atoms with Crippen LogP contribution in [0.2, 0.25) is 0 Å². The van der Waals surface area contributed by atoms with Crippen LogP contribution in [0.4, 0.5) is 0 Å². The van der Waals surface area contributed by atoms with Gasteiger partial charge in [0.15, 0.2) is 20.8 Å². The first kappa shape index (κ1) is 15.6. The Kier molecular flexibility index (Phi) is 5.48. The summed E-state index contributed by atoms with van der Waals surface area (Å²) in [7, 11) is 1.51. The van der Waals surface area contributed by atoms with Crippen LogP contribution < -0.4 is 5.43 Å². The van der Waals surface area contributed by atoms with E-state index in [0.29, 0.717) is 0 Å². The second-order valence-corrected chi connectivity index (χ2v) is 4.95. The van der Waals surface area contributed by atoms with Gasteiger partial charge in [0.2, 0.25) is 11.8 Å². The third kappa shape index (κ3) is 4.63. The molecule has 0 aliphatic carbocycles. The Balaban J connectivity index is 0.000000191. The van der Waals surface area contributed by atoms with E-state index >= 15 is 0 Å². The first-order chi connectivity index (χ1) is 8.81. The molecular weight excluding hydrogens is 388 g/mol. The first-order valence-corrected chi connectivity index (χ1v) is 6.49. The fraction of sp³-hybridized carbons (Fsp3) is 0.333. The highest BCUT2D eigenvalue weighted by Crippen LogP contribution is 2.06. The molecule has 2 aliphatic heterocycles. The first-order valence-electron chi connectivity index (χ1n) is 4.90. The van der Waals surface area contributed by atoms with E-state index in [4.69, 9.17) is 0 Å². The SMILES string of the molecule is CN1N=C(Br)C(=O)CC1=O.O=C1CC(=O)C(Br)=NN1. The van der Waals surface area contributed by atoms with Gasteiger partial charge in [-0.1, -0.05) is 0 Å². The maximum Gasteiger partial charge on any atom is 0.250 e. The van der Waals surface area contributed by atoms with Gasteiger partial charge >= 0.3 is 0 Å². The summed E-state index contributed by atoms with van der Waals surface area (Å²) >= 11 is 5.79. The van der Waals surface area contributed by atoms with Gasteiger partial charge in [0.05, 0.1) is 12.8 Å². The number of hydrogen-bond acceptors (Lipinski definition) is 6. The highest BCUT2D eigenvalue weighted by molar-refractivity contribution is 9.19. The zero-order valence-corrected chi connectivity index (χ0v) is 12.8. The average molecular weight is 396 g/mol. The maximum absolute atomic E-state index is 10.7. The Morgan fingerprint density at radius 2 is 1.63 bits per heavy atom. The summed E-state index contributed by atoms with van der Waals surface area (Å²) in [6.45, 7) is 0. The van der Waals surface area contributed by atoms with Crippen molar-refractivity contribution in [1.82, 2.24) is 10.4 Å². The molecular formula is C9H8Br2N4O4. The molecule has 0 aromatic heterocycles. The second kappa shape index (κ2) is 6.66. The Labute approximate surface area is 124 Å². The smallest absolute Gasteiger partial charge is 0.250 e. The average Bonchev–Trinajstić information content (AvgIpc) is 2.33. The van der Waals surface area contributed by atoms with Crippen LogP contribution in [0.15, 0.2) is 10.2 Å². The van der Waals surface area contributed by atoms with Crippen LogP contribution in [0, 0.1) is 0 Å². The van der Waals surface area contributed by atoms with Crippen molar-refractivity contribution in [3.8, 4) is 0 Å². The highest BCUT2D eigenvalue weighted by atomic mass is 79.9. The molecule has 10 heteroatoms. The Morgan fingerprint density at radius 3 is 2.11 bits per heavy atom. The van der Waals surface area contributed by atoms with E-state index in [1.54, 1.807) is 0 Å². The Bertz CT molecular complexity index is 514. The minimum Gasteiger partial charge on any atom is -0.291 e. The van der Waals surface area contributed by atoms with Crippen LogP contribution >= 0.6 is 31.9 Å². The zero-order valence-electron chi connectivity index (χ0n) is 9.64. The minimum absolute atomic E-state index is 0.0828. The van der Waals surface area contributed by atoms with Gasteiger partial charge in [0.1, 0.15) is 0 Å². The molecule has 1 N–H and O–H groups in total. The molecule has 0 atom stereocenters. The van der Waals surface area contributed by atoms with Gasteiger partial charge in [-0.2, -0.15) is 10.2 Å². The van der Waals surface area contributed by atoms with Gasteiger partial charge in [-0.15, -0.1) is 0 Å². The number of hydrazone groups is 2. The van der Waals surface area contributed by atoms with Crippen molar-refractivity contribution in [2.45, 2.75) is 12.8 Å². The molecule has 0 fully saturated rings. The van der Waals surface area contributed by atoms with Crippen molar-refractivity contribution in [1.29, 1.82) is 0 Å². The molecule has 2 aliphatic rings. The van der Waals surface area contributed by atoms with E-state index in [9.17, 15) is 19.2 Å². The fourth-order valence-corrected chi connectivity index (χ4v) is 1.61. The van der Waals surface area contributed by atoms with Crippen molar-refractivity contribution >= 4 is 64.5 Å². The summed E-state index contributed by atoms with van der Waals surface area (Å²) in [5.41, 5.74) is 2.14. The minimum atomic E-state index is -0.358. The number of amides is 2. The largest absolute Gasteiger partial charge is 0.291 e. The number of nitrogens with zero attached hydrogens (tertiary/aromatic N) is 3. The summed E-state index contributed by atoms with van der Waals surface area (Å²) in [6, 6.07) is 0. The predicted molar refractivity (Wildman–Crippen MR) is 72.9 cm³/mol. The molecule has 0 saturated carbocycles. The normalized spacial score (nSPS) is 19.2. The molecule has 2 amide bonds. The van der Waals surface area contributed by atoms with Crippen molar-refractivity contribution in [2.75, 3.05) is 7.05 Å². The molecule has 8 nitrogen and oxygen atoms in total. The number of carbonyl (C=O) groups excluding carboxylic acids is 4. The third-order valence-corrected chi connectivity index (χ3v) is 3.19. The van der Waals surface area contributed by atoms with Gasteiger partial charge in [0.25, 0.3) is 0 Å². The van der Waals surface area contributed by atoms with Crippen molar-refractivity contribution < 1.29 is 19.2 Å². The van der Waals surface area contributed by atoms with Gasteiger partial charge < -0.3 is 0 Å². The third-order valence-electron chi connectivity index (χ3n) is 1.97. The molecule has 0 saturated heterocycles. The van der Waals surface area contributed by atoms with Gasteiger partial charge in [-0.25, -0.2) is 10.4 Å². The number of nitrogens with one attached hydrogen (secondary N) is 1. The Morgan fingerprint density at radius 1 is 1.05 bits per heavy atom. The number of carbonyl (C=O) groups is 4. The lowest BCUT2D eigenvalue weighted by Crippen LogP contribution is -2.32. The van der Waals surface area contributed by atoms with Crippen molar-refractivity contribution in [3.05, 3.63) is 0 Å². The van der Waals surface area contributed by atoms with Crippen molar-refractivity contribution in [3.63, 3.8) is 0 Å². The van der Waals surface area contributed by atoms with Gasteiger partial charge in [-0.3, -0.25) is 19.2 Å². The van der Waals surface area contributed by atoms with Crippen LogP contribution in [0.25, 0.3) is 0 Å². The van der Waals surface area contributed by atoms with Crippen LogP contribution in [-0.4, -0.2) is 44.7 Å².